The number of rotatable bonds is 8. The fourth-order valence-corrected chi connectivity index (χ4v) is 4.03. The first-order valence-corrected chi connectivity index (χ1v) is 11.2. The summed E-state index contributed by atoms with van der Waals surface area (Å²) in [5.74, 6) is -0.139. The number of aromatic nitrogens is 4. The second-order valence-corrected chi connectivity index (χ2v) is 8.63. The highest BCUT2D eigenvalue weighted by Gasteiger charge is 2.35. The molecule has 2 aromatic heterocycles. The van der Waals surface area contributed by atoms with E-state index in [1.807, 2.05) is 17.8 Å². The van der Waals surface area contributed by atoms with Gasteiger partial charge in [-0.3, -0.25) is 9.48 Å². The molecule has 0 atom stereocenters. The van der Waals surface area contributed by atoms with Crippen LogP contribution in [-0.4, -0.2) is 75.2 Å². The van der Waals surface area contributed by atoms with E-state index in [1.165, 1.54) is 0 Å². The van der Waals surface area contributed by atoms with Crippen molar-refractivity contribution in [2.45, 2.75) is 44.8 Å². The summed E-state index contributed by atoms with van der Waals surface area (Å²) in [6.07, 6.45) is 1.12. The number of nitrogens with one attached hydrogen (secondary N) is 2. The van der Waals surface area contributed by atoms with Gasteiger partial charge in [0.1, 0.15) is 11.4 Å². The zero-order chi connectivity index (χ0) is 23.6. The SMILES string of the molecule is Cc1nn(C2CCN(C)CC2)cc1Nc1ncc(C(F)(F)F)c(NCCCN2CCC2=O)n1. The largest absolute Gasteiger partial charge is 0.421 e. The Morgan fingerprint density at radius 2 is 1.97 bits per heavy atom. The third kappa shape index (κ3) is 5.55. The van der Waals surface area contributed by atoms with Gasteiger partial charge < -0.3 is 20.4 Å². The Kier molecular flexibility index (Phi) is 6.73. The average molecular weight is 467 g/mol. The first-order chi connectivity index (χ1) is 15.7. The predicted molar refractivity (Wildman–Crippen MR) is 117 cm³/mol. The van der Waals surface area contributed by atoms with Crippen LogP contribution in [0.25, 0.3) is 0 Å². The Hall–Kier alpha value is -2.89. The lowest BCUT2D eigenvalue weighted by Crippen LogP contribution is -2.44. The molecule has 0 aromatic carbocycles. The van der Waals surface area contributed by atoms with Crippen LogP contribution in [0.4, 0.5) is 30.6 Å². The van der Waals surface area contributed by atoms with Crippen LogP contribution in [0.3, 0.4) is 0 Å². The van der Waals surface area contributed by atoms with E-state index in [4.69, 9.17) is 0 Å². The monoisotopic (exact) mass is 466 g/mol. The summed E-state index contributed by atoms with van der Waals surface area (Å²) in [6.45, 7) is 5.31. The topological polar surface area (TPSA) is 91.2 Å². The second kappa shape index (κ2) is 9.54. The van der Waals surface area contributed by atoms with Crippen molar-refractivity contribution in [3.8, 4) is 0 Å². The molecule has 9 nitrogen and oxygen atoms in total. The van der Waals surface area contributed by atoms with E-state index in [-0.39, 0.29) is 24.2 Å². The minimum atomic E-state index is -4.58. The molecule has 0 aliphatic carbocycles. The lowest BCUT2D eigenvalue weighted by atomic mass is 10.1. The van der Waals surface area contributed by atoms with Crippen LogP contribution in [0, 0.1) is 6.92 Å². The number of nitrogens with zero attached hydrogens (tertiary/aromatic N) is 6. The minimum absolute atomic E-state index is 0.0643. The molecule has 0 saturated carbocycles. The first-order valence-electron chi connectivity index (χ1n) is 11.2. The summed E-state index contributed by atoms with van der Waals surface area (Å²) < 4.78 is 42.3. The fourth-order valence-electron chi connectivity index (χ4n) is 4.03. The van der Waals surface area contributed by atoms with E-state index in [2.05, 4.69) is 37.6 Å². The smallest absolute Gasteiger partial charge is 0.369 e. The molecule has 0 radical (unpaired) electrons. The summed E-state index contributed by atoms with van der Waals surface area (Å²) in [7, 11) is 2.09. The zero-order valence-electron chi connectivity index (χ0n) is 18.8. The maximum absolute atomic E-state index is 13.5. The van der Waals surface area contributed by atoms with Gasteiger partial charge in [-0.25, -0.2) is 4.98 Å². The summed E-state index contributed by atoms with van der Waals surface area (Å²) in [4.78, 5) is 23.3. The van der Waals surface area contributed by atoms with Gasteiger partial charge in [-0.05, 0) is 46.3 Å². The van der Waals surface area contributed by atoms with Gasteiger partial charge in [-0.2, -0.15) is 23.3 Å². The predicted octanol–water partition coefficient (Wildman–Crippen LogP) is 3.04. The van der Waals surface area contributed by atoms with Crippen molar-refractivity contribution in [1.82, 2.24) is 29.5 Å². The van der Waals surface area contributed by atoms with Crippen LogP contribution in [0.15, 0.2) is 12.4 Å². The third-order valence-electron chi connectivity index (χ3n) is 6.17. The number of carbonyl (C=O) groups is 1. The summed E-state index contributed by atoms with van der Waals surface area (Å²) in [5, 5.41) is 10.4. The van der Waals surface area contributed by atoms with Crippen LogP contribution in [0.1, 0.15) is 43.0 Å². The second-order valence-electron chi connectivity index (χ2n) is 8.63. The number of likely N-dealkylation sites (tertiary alicyclic amines) is 2. The van der Waals surface area contributed by atoms with Crippen LogP contribution in [-0.2, 0) is 11.0 Å². The summed E-state index contributed by atoms with van der Waals surface area (Å²) >= 11 is 0. The number of halogens is 3. The third-order valence-corrected chi connectivity index (χ3v) is 6.17. The zero-order valence-corrected chi connectivity index (χ0v) is 18.8. The molecular weight excluding hydrogens is 437 g/mol. The van der Waals surface area contributed by atoms with Gasteiger partial charge in [0.15, 0.2) is 0 Å². The molecule has 2 aliphatic heterocycles. The lowest BCUT2D eigenvalue weighted by Gasteiger charge is -2.30. The van der Waals surface area contributed by atoms with Crippen molar-refractivity contribution in [2.24, 2.45) is 0 Å². The summed E-state index contributed by atoms with van der Waals surface area (Å²) in [5.41, 5.74) is 0.467. The molecule has 4 heterocycles. The molecule has 180 valence electrons. The number of piperidine rings is 1. The van der Waals surface area contributed by atoms with Gasteiger partial charge in [0, 0.05) is 38.4 Å². The standard InChI is InChI=1S/C21H29F3N8O/c1-14-17(13-32(29-14)15-4-9-30(2)10-5-15)27-20-26-12-16(21(22,23)24)19(28-20)25-7-3-8-31-11-6-18(31)33/h12-13,15H,3-11H2,1-2H3,(H2,25,26,27,28). The van der Waals surface area contributed by atoms with E-state index in [0.717, 1.165) is 37.8 Å². The number of amides is 1. The van der Waals surface area contributed by atoms with Crippen molar-refractivity contribution < 1.29 is 18.0 Å². The van der Waals surface area contributed by atoms with Gasteiger partial charge in [0.2, 0.25) is 11.9 Å². The van der Waals surface area contributed by atoms with E-state index >= 15 is 0 Å². The quantitative estimate of drug-likeness (QED) is 0.456. The molecule has 12 heteroatoms. The highest BCUT2D eigenvalue weighted by atomic mass is 19.4. The minimum Gasteiger partial charge on any atom is -0.369 e. The lowest BCUT2D eigenvalue weighted by molar-refractivity contribution is -0.139. The van der Waals surface area contributed by atoms with Crippen LogP contribution in [0.5, 0.6) is 0 Å². The number of aryl methyl sites for hydroxylation is 1. The van der Waals surface area contributed by atoms with Crippen molar-refractivity contribution in [2.75, 3.05) is 50.4 Å². The van der Waals surface area contributed by atoms with E-state index in [1.54, 1.807) is 4.90 Å². The fraction of sp³-hybridized carbons (Fsp3) is 0.619. The van der Waals surface area contributed by atoms with Gasteiger partial charge >= 0.3 is 6.18 Å². The van der Waals surface area contributed by atoms with Gasteiger partial charge in [-0.15, -0.1) is 0 Å². The van der Waals surface area contributed by atoms with Crippen molar-refractivity contribution in [3.63, 3.8) is 0 Å². The Labute approximate surface area is 190 Å². The highest BCUT2D eigenvalue weighted by Crippen LogP contribution is 2.34. The molecule has 1 amide bonds. The molecule has 2 fully saturated rings. The van der Waals surface area contributed by atoms with Crippen molar-refractivity contribution in [1.29, 1.82) is 0 Å². The van der Waals surface area contributed by atoms with Crippen molar-refractivity contribution in [3.05, 3.63) is 23.7 Å². The molecule has 0 bridgehead atoms. The Morgan fingerprint density at radius 1 is 1.21 bits per heavy atom. The number of hydrogen-bond acceptors (Lipinski definition) is 7. The maximum atomic E-state index is 13.5. The molecule has 2 aliphatic rings. The Bertz CT molecular complexity index is 984. The van der Waals surface area contributed by atoms with Gasteiger partial charge in [0.25, 0.3) is 0 Å². The normalized spacial score (nSPS) is 17.8. The van der Waals surface area contributed by atoms with Gasteiger partial charge in [0.05, 0.1) is 17.4 Å². The molecule has 0 unspecified atom stereocenters. The van der Waals surface area contributed by atoms with Crippen LogP contribution >= 0.6 is 0 Å². The van der Waals surface area contributed by atoms with E-state index in [9.17, 15) is 18.0 Å². The molecule has 0 spiro atoms. The van der Waals surface area contributed by atoms with E-state index < -0.39 is 11.7 Å². The molecule has 4 rings (SSSR count). The maximum Gasteiger partial charge on any atom is 0.421 e. The average Bonchev–Trinajstić information content (AvgIpc) is 3.12. The first kappa shape index (κ1) is 23.3. The number of anilines is 3. The van der Waals surface area contributed by atoms with Gasteiger partial charge in [-0.1, -0.05) is 0 Å². The Morgan fingerprint density at radius 3 is 2.61 bits per heavy atom. The molecule has 2 saturated heterocycles. The molecular formula is C21H29F3N8O. The number of β-lactam (4-membered cyclic amide) rings is 1. The molecule has 2 N–H and O–H groups in total. The van der Waals surface area contributed by atoms with Crippen LogP contribution < -0.4 is 10.6 Å². The number of hydrogen-bond donors (Lipinski definition) is 2. The molecule has 2 aromatic rings. The Balaban J connectivity index is 1.44. The highest BCUT2D eigenvalue weighted by molar-refractivity contribution is 5.81. The molecule has 33 heavy (non-hydrogen) atoms. The van der Waals surface area contributed by atoms with Crippen molar-refractivity contribution >= 4 is 23.4 Å². The van der Waals surface area contributed by atoms with E-state index in [0.29, 0.717) is 37.7 Å². The summed E-state index contributed by atoms with van der Waals surface area (Å²) in [6, 6.07) is 0.291. The van der Waals surface area contributed by atoms with Crippen LogP contribution in [0.2, 0.25) is 0 Å². The number of carbonyl (C=O) groups excluding carboxylic acids is 1. The number of alkyl halides is 3.